The zero-order valence-corrected chi connectivity index (χ0v) is 18.9. The third-order valence-corrected chi connectivity index (χ3v) is 5.91. The first-order valence-electron chi connectivity index (χ1n) is 10.5. The van der Waals surface area contributed by atoms with Crippen molar-refractivity contribution in [3.8, 4) is 0 Å². The van der Waals surface area contributed by atoms with E-state index < -0.39 is 11.9 Å². The van der Waals surface area contributed by atoms with Gasteiger partial charge in [0.05, 0.1) is 0 Å². The summed E-state index contributed by atoms with van der Waals surface area (Å²) in [7, 11) is 0. The Morgan fingerprint density at radius 1 is 1.12 bits per heavy atom. The predicted octanol–water partition coefficient (Wildman–Crippen LogP) is 2.44. The van der Waals surface area contributed by atoms with Gasteiger partial charge in [-0.1, -0.05) is 23.5 Å². The topological polar surface area (TPSA) is 151 Å². The highest BCUT2D eigenvalue weighted by atomic mass is 32.1. The number of carbonyl (C=O) groups is 3. The number of aryl methyl sites for hydroxylation is 1. The number of aliphatic carboxylic acids is 2. The van der Waals surface area contributed by atoms with E-state index in [1.165, 1.54) is 16.9 Å². The zero-order valence-electron chi connectivity index (χ0n) is 18.1. The molecule has 4 N–H and O–H groups in total. The van der Waals surface area contributed by atoms with Crippen molar-refractivity contribution in [2.45, 2.75) is 44.2 Å². The third kappa shape index (κ3) is 8.04. The fraction of sp³-hybridized carbons (Fsp3) is 0.409. The van der Waals surface area contributed by atoms with Crippen molar-refractivity contribution in [3.05, 3.63) is 52.6 Å². The van der Waals surface area contributed by atoms with E-state index in [-0.39, 0.29) is 5.91 Å². The fourth-order valence-electron chi connectivity index (χ4n) is 3.48. The highest BCUT2D eigenvalue weighted by Crippen LogP contribution is 2.41. The Labute approximate surface area is 194 Å². The number of carbonyl (C=O) groups excluding carboxylic acids is 1. The lowest BCUT2D eigenvalue weighted by Gasteiger charge is -2.23. The Bertz CT molecular complexity index is 1000. The number of nitrogens with one attached hydrogen (secondary N) is 2. The van der Waals surface area contributed by atoms with Gasteiger partial charge in [0.15, 0.2) is 0 Å². The van der Waals surface area contributed by atoms with Crippen LogP contribution in [0.1, 0.15) is 46.1 Å². The lowest BCUT2D eigenvalue weighted by molar-refractivity contribution is -0.134. The lowest BCUT2D eigenvalue weighted by Crippen LogP contribution is -2.36. The molecule has 33 heavy (non-hydrogen) atoms. The van der Waals surface area contributed by atoms with E-state index in [2.05, 4.69) is 26.9 Å². The first kappa shape index (κ1) is 24.5. The Morgan fingerprint density at radius 2 is 1.82 bits per heavy atom. The quantitative estimate of drug-likeness (QED) is 0.444. The minimum absolute atomic E-state index is 0.132. The molecule has 2 unspecified atom stereocenters. The van der Waals surface area contributed by atoms with Crippen molar-refractivity contribution in [2.75, 3.05) is 18.5 Å². The average Bonchev–Trinajstić information content (AvgIpc) is 3.44. The van der Waals surface area contributed by atoms with Crippen molar-refractivity contribution < 1.29 is 29.3 Å². The summed E-state index contributed by atoms with van der Waals surface area (Å²) in [5.41, 5.74) is 1.90. The average molecular weight is 475 g/mol. The third-order valence-electron chi connectivity index (χ3n) is 5.15. The molecule has 2 heterocycles. The summed E-state index contributed by atoms with van der Waals surface area (Å²) >= 11 is 1.38. The highest BCUT2D eigenvalue weighted by molar-refractivity contribution is 7.15. The van der Waals surface area contributed by atoms with E-state index in [1.807, 2.05) is 25.1 Å². The van der Waals surface area contributed by atoms with Gasteiger partial charge in [-0.25, -0.2) is 9.59 Å². The van der Waals surface area contributed by atoms with Crippen LogP contribution in [0.4, 0.5) is 5.13 Å². The summed E-state index contributed by atoms with van der Waals surface area (Å²) < 4.78 is 5.41. The number of aromatic nitrogens is 2. The molecule has 0 bridgehead atoms. The van der Waals surface area contributed by atoms with Crippen molar-refractivity contribution in [3.63, 3.8) is 0 Å². The predicted molar refractivity (Wildman–Crippen MR) is 122 cm³/mol. The molecular formula is C22H26N4O6S. The second kappa shape index (κ2) is 11.6. The maximum atomic E-state index is 12.4. The summed E-state index contributed by atoms with van der Waals surface area (Å²) in [5.74, 6) is -2.15. The maximum Gasteiger partial charge on any atom is 0.328 e. The lowest BCUT2D eigenvalue weighted by atomic mass is 10.1. The zero-order chi connectivity index (χ0) is 23.8. The Kier molecular flexibility index (Phi) is 8.64. The van der Waals surface area contributed by atoms with Crippen LogP contribution in [-0.4, -0.2) is 63.6 Å². The molecular weight excluding hydrogens is 448 g/mol. The minimum atomic E-state index is -1.26. The van der Waals surface area contributed by atoms with Crippen molar-refractivity contribution >= 4 is 34.3 Å². The standard InChI is InChI=1S/C18H22N4O2S.C4H4O4/c1-11-21-22-18(25-11)20-17(23)13-4-2-3-12(9-13)15-10-16(15)19-14-5-7-24-8-6-14;5-3(6)1-2-4(7)8/h2-4,9,14-16,19H,5-8,10H2,1H3,(H,20,22,23);1-2H,(H,5,6)(H,7,8)/b;2-1+. The van der Waals surface area contributed by atoms with Crippen LogP contribution in [0.25, 0.3) is 0 Å². The number of hydrogen-bond acceptors (Lipinski definition) is 8. The fourth-order valence-corrected chi connectivity index (χ4v) is 4.07. The van der Waals surface area contributed by atoms with Crippen molar-refractivity contribution in [1.82, 2.24) is 15.5 Å². The molecule has 1 amide bonds. The summed E-state index contributed by atoms with van der Waals surface area (Å²) in [5, 5.41) is 31.4. The molecule has 2 fully saturated rings. The first-order valence-corrected chi connectivity index (χ1v) is 11.3. The molecule has 1 aromatic heterocycles. The van der Waals surface area contributed by atoms with Gasteiger partial charge in [-0.3, -0.25) is 10.1 Å². The van der Waals surface area contributed by atoms with E-state index in [9.17, 15) is 14.4 Å². The van der Waals surface area contributed by atoms with Gasteiger partial charge in [0.1, 0.15) is 5.01 Å². The second-order valence-electron chi connectivity index (χ2n) is 7.72. The van der Waals surface area contributed by atoms with Crippen LogP contribution in [0.2, 0.25) is 0 Å². The molecule has 1 aliphatic heterocycles. The Hall–Kier alpha value is -3.15. The highest BCUT2D eigenvalue weighted by Gasteiger charge is 2.39. The summed E-state index contributed by atoms with van der Waals surface area (Å²) in [6.07, 6.45) is 4.43. The van der Waals surface area contributed by atoms with E-state index in [4.69, 9.17) is 14.9 Å². The van der Waals surface area contributed by atoms with Crippen LogP contribution in [-0.2, 0) is 14.3 Å². The number of nitrogens with zero attached hydrogens (tertiary/aromatic N) is 2. The molecule has 1 saturated carbocycles. The van der Waals surface area contributed by atoms with Gasteiger partial charge in [0.25, 0.3) is 5.91 Å². The SMILES string of the molecule is Cc1nnc(NC(=O)c2cccc(C3CC3NC3CCOCC3)c2)s1.O=C(O)/C=C/C(=O)O. The number of carboxylic acids is 2. The van der Waals surface area contributed by atoms with E-state index in [1.54, 1.807) is 0 Å². The molecule has 2 aliphatic rings. The largest absolute Gasteiger partial charge is 0.478 e. The van der Waals surface area contributed by atoms with Gasteiger partial charge in [-0.2, -0.15) is 0 Å². The van der Waals surface area contributed by atoms with Crippen LogP contribution in [0.15, 0.2) is 36.4 Å². The number of anilines is 1. The second-order valence-corrected chi connectivity index (χ2v) is 8.90. The molecule has 1 aliphatic carbocycles. The molecule has 2 atom stereocenters. The number of ether oxygens (including phenoxy) is 1. The van der Waals surface area contributed by atoms with Gasteiger partial charge < -0.3 is 20.3 Å². The monoisotopic (exact) mass is 474 g/mol. The van der Waals surface area contributed by atoms with Gasteiger partial charge in [-0.15, -0.1) is 10.2 Å². The van der Waals surface area contributed by atoms with Gasteiger partial charge in [0, 0.05) is 48.9 Å². The summed E-state index contributed by atoms with van der Waals surface area (Å²) in [4.78, 5) is 31.5. The minimum Gasteiger partial charge on any atom is -0.478 e. The van der Waals surface area contributed by atoms with Crippen molar-refractivity contribution in [1.29, 1.82) is 0 Å². The van der Waals surface area contributed by atoms with Gasteiger partial charge in [0.2, 0.25) is 5.13 Å². The summed E-state index contributed by atoms with van der Waals surface area (Å²) in [6.45, 7) is 3.58. The molecule has 0 spiro atoms. The Morgan fingerprint density at radius 3 is 2.42 bits per heavy atom. The molecule has 2 aromatic rings. The number of carboxylic acid groups (broad SMARTS) is 2. The molecule has 0 radical (unpaired) electrons. The summed E-state index contributed by atoms with van der Waals surface area (Å²) in [6, 6.07) is 9.00. The normalized spacial score (nSPS) is 20.0. The molecule has 1 aromatic carbocycles. The maximum absolute atomic E-state index is 12.4. The van der Waals surface area contributed by atoms with E-state index in [0.29, 0.717) is 40.8 Å². The van der Waals surface area contributed by atoms with Crippen LogP contribution in [0.3, 0.4) is 0 Å². The Balaban J connectivity index is 0.000000331. The molecule has 176 valence electrons. The van der Waals surface area contributed by atoms with E-state index in [0.717, 1.165) is 37.5 Å². The van der Waals surface area contributed by atoms with Crippen LogP contribution in [0.5, 0.6) is 0 Å². The molecule has 11 heteroatoms. The van der Waals surface area contributed by atoms with Crippen LogP contribution in [0, 0.1) is 6.92 Å². The number of rotatable bonds is 7. The van der Waals surface area contributed by atoms with Gasteiger partial charge >= 0.3 is 11.9 Å². The molecule has 4 rings (SSSR count). The van der Waals surface area contributed by atoms with Crippen molar-refractivity contribution in [2.24, 2.45) is 0 Å². The van der Waals surface area contributed by atoms with Crippen LogP contribution >= 0.6 is 11.3 Å². The number of hydrogen-bond donors (Lipinski definition) is 4. The van der Waals surface area contributed by atoms with Gasteiger partial charge in [-0.05, 0) is 43.9 Å². The molecule has 10 nitrogen and oxygen atoms in total. The number of amides is 1. The smallest absolute Gasteiger partial charge is 0.328 e. The first-order chi connectivity index (χ1) is 15.8. The number of benzene rings is 1. The molecule has 1 saturated heterocycles. The van der Waals surface area contributed by atoms with Crippen LogP contribution < -0.4 is 10.6 Å². The van der Waals surface area contributed by atoms with E-state index >= 15 is 0 Å².